The molecule has 5 nitrogen and oxygen atoms in total. The monoisotopic (exact) mass is 311 g/mol. The van der Waals surface area contributed by atoms with Crippen LogP contribution in [-0.2, 0) is 11.3 Å². The van der Waals surface area contributed by atoms with Crippen LogP contribution in [-0.4, -0.2) is 42.7 Å². The highest BCUT2D eigenvalue weighted by molar-refractivity contribution is 6.31. The number of methoxy groups -OCH3 is 1. The van der Waals surface area contributed by atoms with Crippen LogP contribution >= 0.6 is 11.6 Å². The topological polar surface area (TPSA) is 71.1 Å². The average Bonchev–Trinajstić information content (AvgIpc) is 2.50. The van der Waals surface area contributed by atoms with Crippen molar-refractivity contribution in [2.75, 3.05) is 26.8 Å². The van der Waals surface area contributed by atoms with Gasteiger partial charge in [-0.05, 0) is 43.5 Å². The molecule has 1 aliphatic rings. The van der Waals surface area contributed by atoms with Crippen molar-refractivity contribution >= 4 is 17.4 Å². The van der Waals surface area contributed by atoms with E-state index in [1.807, 2.05) is 12.1 Å². The van der Waals surface area contributed by atoms with E-state index in [0.29, 0.717) is 16.5 Å². The Bertz CT molecular complexity index is 500. The number of likely N-dealkylation sites (tertiary alicyclic amines) is 1. The summed E-state index contributed by atoms with van der Waals surface area (Å²) >= 11 is 6.29. The van der Waals surface area contributed by atoms with E-state index in [-0.39, 0.29) is 5.84 Å². The van der Waals surface area contributed by atoms with Gasteiger partial charge in [-0.25, -0.2) is 0 Å². The number of nitrogens with zero attached hydrogens (tertiary/aromatic N) is 2. The van der Waals surface area contributed by atoms with Gasteiger partial charge < -0.3 is 15.7 Å². The summed E-state index contributed by atoms with van der Waals surface area (Å²) < 4.78 is 5.22. The maximum atomic E-state index is 8.68. The van der Waals surface area contributed by atoms with E-state index in [1.165, 1.54) is 0 Å². The molecule has 116 valence electrons. The predicted octanol–water partition coefficient (Wildman–Crippen LogP) is 2.29. The number of rotatable bonds is 5. The SMILES string of the molecule is COCC1CCN(Cc2ccc(/C(N)=N/O)cc2Cl)CC1. The van der Waals surface area contributed by atoms with Gasteiger partial charge in [0.25, 0.3) is 0 Å². The van der Waals surface area contributed by atoms with Gasteiger partial charge in [-0.2, -0.15) is 0 Å². The van der Waals surface area contributed by atoms with E-state index in [1.54, 1.807) is 13.2 Å². The molecule has 3 N–H and O–H groups in total. The second-order valence-electron chi connectivity index (χ2n) is 5.47. The summed E-state index contributed by atoms with van der Waals surface area (Å²) in [4.78, 5) is 2.40. The fourth-order valence-corrected chi connectivity index (χ4v) is 2.92. The predicted molar refractivity (Wildman–Crippen MR) is 83.8 cm³/mol. The van der Waals surface area contributed by atoms with E-state index in [4.69, 9.17) is 27.3 Å². The summed E-state index contributed by atoms with van der Waals surface area (Å²) in [5.41, 5.74) is 7.26. The first-order chi connectivity index (χ1) is 10.1. The number of amidine groups is 1. The Balaban J connectivity index is 1.95. The molecule has 0 aromatic heterocycles. The third-order valence-electron chi connectivity index (χ3n) is 3.96. The Hall–Kier alpha value is -1.30. The summed E-state index contributed by atoms with van der Waals surface area (Å²) in [5.74, 6) is 0.744. The van der Waals surface area contributed by atoms with E-state index in [9.17, 15) is 0 Å². The fourth-order valence-electron chi connectivity index (χ4n) is 2.68. The number of ether oxygens (including phenoxy) is 1. The maximum Gasteiger partial charge on any atom is 0.170 e. The lowest BCUT2D eigenvalue weighted by atomic mass is 9.97. The van der Waals surface area contributed by atoms with Gasteiger partial charge >= 0.3 is 0 Å². The van der Waals surface area contributed by atoms with E-state index < -0.39 is 0 Å². The number of halogens is 1. The summed E-state index contributed by atoms with van der Waals surface area (Å²) in [6, 6.07) is 5.51. The second kappa shape index (κ2) is 7.64. The van der Waals surface area contributed by atoms with Crippen molar-refractivity contribution in [2.45, 2.75) is 19.4 Å². The Labute approximate surface area is 130 Å². The lowest BCUT2D eigenvalue weighted by Crippen LogP contribution is -2.34. The van der Waals surface area contributed by atoms with Gasteiger partial charge in [0.2, 0.25) is 0 Å². The molecule has 0 unspecified atom stereocenters. The van der Waals surface area contributed by atoms with Crippen LogP contribution in [0.15, 0.2) is 23.4 Å². The summed E-state index contributed by atoms with van der Waals surface area (Å²) in [6.45, 7) is 3.80. The molecule has 1 aromatic carbocycles. The molecule has 1 heterocycles. The molecule has 1 aromatic rings. The molecule has 21 heavy (non-hydrogen) atoms. The summed E-state index contributed by atoms with van der Waals surface area (Å²) in [7, 11) is 1.76. The van der Waals surface area contributed by atoms with Crippen LogP contribution in [0.4, 0.5) is 0 Å². The minimum atomic E-state index is 0.0730. The van der Waals surface area contributed by atoms with Crippen molar-refractivity contribution in [1.82, 2.24) is 4.90 Å². The van der Waals surface area contributed by atoms with E-state index in [2.05, 4.69) is 10.1 Å². The second-order valence-corrected chi connectivity index (χ2v) is 5.87. The van der Waals surface area contributed by atoms with Gasteiger partial charge in [-0.15, -0.1) is 0 Å². The number of nitrogens with two attached hydrogens (primary N) is 1. The van der Waals surface area contributed by atoms with Crippen molar-refractivity contribution in [3.8, 4) is 0 Å². The minimum absolute atomic E-state index is 0.0730. The van der Waals surface area contributed by atoms with Gasteiger partial charge in [0.1, 0.15) is 0 Å². The summed E-state index contributed by atoms with van der Waals surface area (Å²) in [5, 5.41) is 12.3. The summed E-state index contributed by atoms with van der Waals surface area (Å²) in [6.07, 6.45) is 2.32. The van der Waals surface area contributed by atoms with Crippen LogP contribution in [0.1, 0.15) is 24.0 Å². The fraction of sp³-hybridized carbons (Fsp3) is 0.533. The van der Waals surface area contributed by atoms with Crippen LogP contribution in [0.25, 0.3) is 0 Å². The first kappa shape index (κ1) is 16.1. The van der Waals surface area contributed by atoms with Gasteiger partial charge in [-0.1, -0.05) is 28.9 Å². The molecule has 6 heteroatoms. The van der Waals surface area contributed by atoms with E-state index in [0.717, 1.165) is 44.6 Å². The first-order valence-corrected chi connectivity index (χ1v) is 7.49. The Morgan fingerprint density at radius 3 is 2.76 bits per heavy atom. The number of hydrogen-bond acceptors (Lipinski definition) is 4. The molecule has 0 aliphatic carbocycles. The third kappa shape index (κ3) is 4.33. The van der Waals surface area contributed by atoms with Gasteiger partial charge in [0.15, 0.2) is 5.84 Å². The minimum Gasteiger partial charge on any atom is -0.409 e. The molecule has 0 radical (unpaired) electrons. The van der Waals surface area contributed by atoms with Crippen LogP contribution in [0, 0.1) is 5.92 Å². The number of oxime groups is 1. The molecule has 0 atom stereocenters. The maximum absolute atomic E-state index is 8.68. The molecule has 0 amide bonds. The van der Waals surface area contributed by atoms with Gasteiger partial charge in [0.05, 0.1) is 0 Å². The zero-order valence-electron chi connectivity index (χ0n) is 12.3. The highest BCUT2D eigenvalue weighted by Crippen LogP contribution is 2.23. The average molecular weight is 312 g/mol. The Morgan fingerprint density at radius 1 is 1.48 bits per heavy atom. The molecule has 1 aliphatic heterocycles. The van der Waals surface area contributed by atoms with Crippen LogP contribution in [0.5, 0.6) is 0 Å². The van der Waals surface area contributed by atoms with E-state index >= 15 is 0 Å². The van der Waals surface area contributed by atoms with Gasteiger partial charge in [0, 0.05) is 30.8 Å². The van der Waals surface area contributed by atoms with Crippen molar-refractivity contribution < 1.29 is 9.94 Å². The Morgan fingerprint density at radius 2 is 2.19 bits per heavy atom. The normalized spacial score (nSPS) is 18.1. The smallest absolute Gasteiger partial charge is 0.170 e. The number of hydrogen-bond donors (Lipinski definition) is 2. The molecular formula is C15H22ClN3O2. The third-order valence-corrected chi connectivity index (χ3v) is 4.31. The van der Waals surface area contributed by atoms with Gasteiger partial charge in [-0.3, -0.25) is 4.90 Å². The molecule has 0 spiro atoms. The highest BCUT2D eigenvalue weighted by atomic mass is 35.5. The molecular weight excluding hydrogens is 290 g/mol. The van der Waals surface area contributed by atoms with Crippen LogP contribution in [0.3, 0.4) is 0 Å². The largest absolute Gasteiger partial charge is 0.409 e. The highest BCUT2D eigenvalue weighted by Gasteiger charge is 2.19. The zero-order chi connectivity index (χ0) is 15.2. The molecule has 2 rings (SSSR count). The number of piperidine rings is 1. The number of benzene rings is 1. The van der Waals surface area contributed by atoms with Crippen molar-refractivity contribution in [1.29, 1.82) is 0 Å². The van der Waals surface area contributed by atoms with Crippen LogP contribution in [0.2, 0.25) is 5.02 Å². The van der Waals surface area contributed by atoms with Crippen molar-refractivity contribution in [3.63, 3.8) is 0 Å². The molecule has 0 bridgehead atoms. The van der Waals surface area contributed by atoms with Crippen LogP contribution < -0.4 is 5.73 Å². The lowest BCUT2D eigenvalue weighted by Gasteiger charge is -2.31. The molecule has 1 saturated heterocycles. The molecule has 1 fully saturated rings. The lowest BCUT2D eigenvalue weighted by molar-refractivity contribution is 0.0968. The molecule has 0 saturated carbocycles. The standard InChI is InChI=1S/C15H22ClN3O2/c1-21-10-11-4-6-19(7-5-11)9-13-3-2-12(8-14(13)16)15(17)18-20/h2-3,8,11,20H,4-7,9-10H2,1H3,(H2,17,18). The quantitative estimate of drug-likeness (QED) is 0.379. The van der Waals surface area contributed by atoms with Crippen molar-refractivity contribution in [2.24, 2.45) is 16.8 Å². The van der Waals surface area contributed by atoms with Crippen molar-refractivity contribution in [3.05, 3.63) is 34.3 Å². The Kier molecular flexibility index (Phi) is 5.85. The first-order valence-electron chi connectivity index (χ1n) is 7.11. The zero-order valence-corrected chi connectivity index (χ0v) is 13.0.